The van der Waals surface area contributed by atoms with Crippen molar-refractivity contribution in [2.24, 2.45) is 5.92 Å². The fourth-order valence-corrected chi connectivity index (χ4v) is 3.17. The predicted octanol–water partition coefficient (Wildman–Crippen LogP) is 4.06. The highest BCUT2D eigenvalue weighted by Crippen LogP contribution is 2.26. The van der Waals surface area contributed by atoms with E-state index in [2.05, 4.69) is 44.8 Å². The van der Waals surface area contributed by atoms with E-state index in [-0.39, 0.29) is 0 Å². The molecule has 1 aliphatic rings. The van der Waals surface area contributed by atoms with Gasteiger partial charge in [0.05, 0.1) is 0 Å². The maximum Gasteiger partial charge on any atom is 0.0304 e. The maximum atomic E-state index is 3.73. The molecule has 0 spiro atoms. The van der Waals surface area contributed by atoms with Crippen LogP contribution >= 0.6 is 0 Å². The summed E-state index contributed by atoms with van der Waals surface area (Å²) in [5, 5.41) is 3.73. The molecule has 2 heteroatoms. The summed E-state index contributed by atoms with van der Waals surface area (Å²) in [6.07, 6.45) is 7.97. The average molecular weight is 268 g/mol. The van der Waals surface area contributed by atoms with E-state index in [1.165, 1.54) is 51.6 Å². The van der Waals surface area contributed by atoms with E-state index in [4.69, 9.17) is 0 Å². The van der Waals surface area contributed by atoms with Crippen molar-refractivity contribution in [1.82, 2.24) is 10.2 Å². The smallest absolute Gasteiger partial charge is 0.0304 e. The van der Waals surface area contributed by atoms with Crippen LogP contribution in [0.5, 0.6) is 0 Å². The fourth-order valence-electron chi connectivity index (χ4n) is 3.17. The van der Waals surface area contributed by atoms with Crippen LogP contribution in [0.1, 0.15) is 73.1 Å². The van der Waals surface area contributed by atoms with E-state index >= 15 is 0 Å². The first-order valence-corrected chi connectivity index (χ1v) is 8.58. The minimum Gasteiger partial charge on any atom is -0.311 e. The van der Waals surface area contributed by atoms with Crippen molar-refractivity contribution in [2.75, 3.05) is 19.6 Å². The van der Waals surface area contributed by atoms with E-state index in [0.717, 1.165) is 12.5 Å². The van der Waals surface area contributed by atoms with Crippen LogP contribution in [0.4, 0.5) is 0 Å². The quantitative estimate of drug-likeness (QED) is 0.714. The molecule has 1 N–H and O–H groups in total. The van der Waals surface area contributed by atoms with Gasteiger partial charge >= 0.3 is 0 Å². The highest BCUT2D eigenvalue weighted by Gasteiger charge is 2.36. The van der Waals surface area contributed by atoms with E-state index in [1.807, 2.05) is 0 Å². The van der Waals surface area contributed by atoms with Crippen LogP contribution < -0.4 is 5.32 Å². The summed E-state index contributed by atoms with van der Waals surface area (Å²) in [6.45, 7) is 15.5. The summed E-state index contributed by atoms with van der Waals surface area (Å²) in [6, 6.07) is 0.698. The molecule has 0 aliphatic carbocycles. The van der Waals surface area contributed by atoms with Gasteiger partial charge in [-0.1, -0.05) is 47.0 Å². The molecule has 1 heterocycles. The highest BCUT2D eigenvalue weighted by molar-refractivity contribution is 4.95. The Hall–Kier alpha value is -0.0800. The van der Waals surface area contributed by atoms with Crippen molar-refractivity contribution in [2.45, 2.75) is 84.7 Å². The van der Waals surface area contributed by atoms with Crippen molar-refractivity contribution < 1.29 is 0 Å². The lowest BCUT2D eigenvalue weighted by Crippen LogP contribution is -2.63. The molecule has 0 saturated carbocycles. The summed E-state index contributed by atoms with van der Waals surface area (Å²) in [7, 11) is 0. The fraction of sp³-hybridized carbons (Fsp3) is 1.00. The lowest BCUT2D eigenvalue weighted by atomic mass is 9.88. The Balaban J connectivity index is 2.62. The van der Waals surface area contributed by atoms with Gasteiger partial charge in [-0.15, -0.1) is 0 Å². The minimum atomic E-state index is 0.366. The number of nitrogens with one attached hydrogen (secondary N) is 1. The van der Waals surface area contributed by atoms with Gasteiger partial charge in [-0.3, -0.25) is 4.90 Å². The van der Waals surface area contributed by atoms with Crippen molar-refractivity contribution in [3.05, 3.63) is 0 Å². The monoisotopic (exact) mass is 268 g/mol. The molecular weight excluding hydrogens is 232 g/mol. The molecule has 1 fully saturated rings. The number of unbranched alkanes of at least 4 members (excludes halogenated alkanes) is 1. The number of rotatable bonds is 8. The number of hydrogen-bond donors (Lipinski definition) is 1. The molecule has 114 valence electrons. The molecule has 0 aromatic carbocycles. The number of nitrogens with zero attached hydrogens (tertiary/aromatic N) is 1. The normalized spacial score (nSPS) is 30.5. The molecule has 1 rings (SSSR count). The van der Waals surface area contributed by atoms with Crippen LogP contribution in [0.25, 0.3) is 0 Å². The Morgan fingerprint density at radius 3 is 2.53 bits per heavy atom. The first-order valence-electron chi connectivity index (χ1n) is 8.58. The van der Waals surface area contributed by atoms with Crippen LogP contribution in [0.15, 0.2) is 0 Å². The second-order valence-corrected chi connectivity index (χ2v) is 6.66. The van der Waals surface area contributed by atoms with Gasteiger partial charge in [-0.05, 0) is 32.1 Å². The lowest BCUT2D eigenvalue weighted by molar-refractivity contribution is 0.0319. The molecule has 3 unspecified atom stereocenters. The van der Waals surface area contributed by atoms with Crippen LogP contribution in [-0.2, 0) is 0 Å². The summed E-state index contributed by atoms with van der Waals surface area (Å²) in [5.41, 5.74) is 0.366. The summed E-state index contributed by atoms with van der Waals surface area (Å²) in [4.78, 5) is 2.79. The molecule has 0 bridgehead atoms. The van der Waals surface area contributed by atoms with Gasteiger partial charge in [-0.2, -0.15) is 0 Å². The molecule has 1 saturated heterocycles. The third kappa shape index (κ3) is 4.75. The van der Waals surface area contributed by atoms with Gasteiger partial charge in [-0.25, -0.2) is 0 Å². The molecule has 0 aromatic rings. The van der Waals surface area contributed by atoms with Gasteiger partial charge in [0, 0.05) is 31.2 Å². The van der Waals surface area contributed by atoms with E-state index in [1.54, 1.807) is 0 Å². The molecule has 0 radical (unpaired) electrons. The molecule has 0 amide bonds. The zero-order valence-corrected chi connectivity index (χ0v) is 14.0. The Labute approximate surface area is 121 Å². The number of hydrogen-bond acceptors (Lipinski definition) is 2. The largest absolute Gasteiger partial charge is 0.311 e. The van der Waals surface area contributed by atoms with Crippen molar-refractivity contribution in [3.8, 4) is 0 Å². The zero-order chi connectivity index (χ0) is 14.3. The third-order valence-electron chi connectivity index (χ3n) is 5.25. The number of piperazine rings is 1. The third-order valence-corrected chi connectivity index (χ3v) is 5.25. The second kappa shape index (κ2) is 8.26. The van der Waals surface area contributed by atoms with Crippen molar-refractivity contribution in [1.29, 1.82) is 0 Å². The van der Waals surface area contributed by atoms with Crippen LogP contribution in [0, 0.1) is 5.92 Å². The van der Waals surface area contributed by atoms with Crippen LogP contribution in [0.3, 0.4) is 0 Å². The second-order valence-electron chi connectivity index (χ2n) is 6.66. The van der Waals surface area contributed by atoms with Crippen molar-refractivity contribution in [3.63, 3.8) is 0 Å². The van der Waals surface area contributed by atoms with E-state index in [9.17, 15) is 0 Å². The molecule has 19 heavy (non-hydrogen) atoms. The predicted molar refractivity (Wildman–Crippen MR) is 85.7 cm³/mol. The minimum absolute atomic E-state index is 0.366. The molecule has 1 aliphatic heterocycles. The lowest BCUT2D eigenvalue weighted by Gasteiger charge is -2.49. The molecule has 3 atom stereocenters. The summed E-state index contributed by atoms with van der Waals surface area (Å²) in [5.74, 6) is 0.890. The average Bonchev–Trinajstić information content (AvgIpc) is 2.45. The van der Waals surface area contributed by atoms with Crippen LogP contribution in [0.2, 0.25) is 0 Å². The highest BCUT2D eigenvalue weighted by atomic mass is 15.3. The van der Waals surface area contributed by atoms with Gasteiger partial charge in [0.25, 0.3) is 0 Å². The van der Waals surface area contributed by atoms with Crippen molar-refractivity contribution >= 4 is 0 Å². The molecule has 0 aromatic heterocycles. The SMILES string of the molecule is CCCCC(CC)CN1CC(CC)NCC1(C)CC. The Kier molecular flexibility index (Phi) is 7.38. The van der Waals surface area contributed by atoms with Gasteiger partial charge in [0.15, 0.2) is 0 Å². The topological polar surface area (TPSA) is 15.3 Å². The van der Waals surface area contributed by atoms with Crippen LogP contribution in [-0.4, -0.2) is 36.1 Å². The van der Waals surface area contributed by atoms with E-state index in [0.29, 0.717) is 11.6 Å². The Morgan fingerprint density at radius 1 is 1.26 bits per heavy atom. The Bertz CT molecular complexity index is 241. The van der Waals surface area contributed by atoms with E-state index < -0.39 is 0 Å². The first-order chi connectivity index (χ1) is 9.09. The zero-order valence-electron chi connectivity index (χ0n) is 14.0. The molecular formula is C17H36N2. The summed E-state index contributed by atoms with van der Waals surface area (Å²) < 4.78 is 0. The first kappa shape index (κ1) is 17.0. The maximum absolute atomic E-state index is 3.73. The molecule has 2 nitrogen and oxygen atoms in total. The van der Waals surface area contributed by atoms with Gasteiger partial charge < -0.3 is 5.32 Å². The van der Waals surface area contributed by atoms with Gasteiger partial charge in [0.1, 0.15) is 0 Å². The summed E-state index contributed by atoms with van der Waals surface area (Å²) >= 11 is 0. The Morgan fingerprint density at radius 2 is 2.00 bits per heavy atom. The standard InChI is InChI=1S/C17H36N2/c1-6-10-11-15(7-2)12-19-13-16(8-3)18-14-17(19,5)9-4/h15-16,18H,6-14H2,1-5H3. The van der Waals surface area contributed by atoms with Gasteiger partial charge in [0.2, 0.25) is 0 Å².